The number of ether oxygens (including phenoxy) is 1. The highest BCUT2D eigenvalue weighted by Crippen LogP contribution is 2.18. The predicted molar refractivity (Wildman–Crippen MR) is 129 cm³/mol. The molecule has 7 heteroatoms. The van der Waals surface area contributed by atoms with Gasteiger partial charge in [-0.3, -0.25) is 4.68 Å². The highest BCUT2D eigenvalue weighted by atomic mass is 127. The largest absolute Gasteiger partial charge is 0.381 e. The average molecular weight is 511 g/mol. The van der Waals surface area contributed by atoms with Crippen molar-refractivity contribution in [2.24, 2.45) is 10.9 Å². The predicted octanol–water partition coefficient (Wildman–Crippen LogP) is 3.76. The van der Waals surface area contributed by atoms with Crippen LogP contribution in [-0.4, -0.2) is 54.0 Å². The molecule has 0 spiro atoms. The van der Waals surface area contributed by atoms with E-state index in [1.54, 1.807) is 0 Å². The van der Waals surface area contributed by atoms with Gasteiger partial charge in [-0.15, -0.1) is 24.0 Å². The van der Waals surface area contributed by atoms with Crippen molar-refractivity contribution in [3.63, 3.8) is 0 Å². The highest BCUT2D eigenvalue weighted by molar-refractivity contribution is 14.0. The Kier molecular flexibility index (Phi) is 10.5. The Morgan fingerprint density at radius 1 is 1.24 bits per heavy atom. The molecular formula is C22H34IN5O. The van der Waals surface area contributed by atoms with Gasteiger partial charge in [0.1, 0.15) is 0 Å². The Morgan fingerprint density at radius 3 is 2.72 bits per heavy atom. The van der Waals surface area contributed by atoms with Crippen LogP contribution in [0.2, 0.25) is 0 Å². The maximum absolute atomic E-state index is 5.46. The summed E-state index contributed by atoms with van der Waals surface area (Å²) < 4.78 is 7.44. The van der Waals surface area contributed by atoms with Gasteiger partial charge in [-0.2, -0.15) is 5.10 Å². The molecule has 29 heavy (non-hydrogen) atoms. The third-order valence-electron chi connectivity index (χ3n) is 5.20. The molecule has 1 aliphatic rings. The van der Waals surface area contributed by atoms with Crippen molar-refractivity contribution in [2.75, 3.05) is 33.4 Å². The van der Waals surface area contributed by atoms with Crippen LogP contribution in [0.5, 0.6) is 0 Å². The summed E-state index contributed by atoms with van der Waals surface area (Å²) in [6, 6.07) is 10.4. The third kappa shape index (κ3) is 7.97. The first-order valence-electron chi connectivity index (χ1n) is 10.4. The quantitative estimate of drug-likeness (QED) is 0.333. The molecule has 0 atom stereocenters. The summed E-state index contributed by atoms with van der Waals surface area (Å²) >= 11 is 0. The zero-order valence-electron chi connectivity index (χ0n) is 17.6. The molecule has 1 saturated heterocycles. The number of guanidine groups is 1. The third-order valence-corrected chi connectivity index (χ3v) is 5.20. The van der Waals surface area contributed by atoms with Crippen LogP contribution in [0.3, 0.4) is 0 Å². The van der Waals surface area contributed by atoms with Crippen LogP contribution < -0.4 is 5.32 Å². The molecular weight excluding hydrogens is 477 g/mol. The SMILES string of the molecule is CCNC(=NCc1cnn(Cc2ccccc2)c1)N(C)CCC1CCOCC1.I. The standard InChI is InChI=1S/C22H33N5O.HI/c1-3-23-22(26(2)12-9-19-10-13-28-14-11-19)24-15-21-16-25-27(18-21)17-20-7-5-4-6-8-20;/h4-8,16,18-19H,3,9-15,17H2,1-2H3,(H,23,24);1H. The van der Waals surface area contributed by atoms with Crippen LogP contribution in [0.15, 0.2) is 47.7 Å². The van der Waals surface area contributed by atoms with E-state index >= 15 is 0 Å². The van der Waals surface area contributed by atoms with Crippen LogP contribution >= 0.6 is 24.0 Å². The number of nitrogens with one attached hydrogen (secondary N) is 1. The first-order valence-corrected chi connectivity index (χ1v) is 10.4. The summed E-state index contributed by atoms with van der Waals surface area (Å²) in [5.74, 6) is 1.74. The van der Waals surface area contributed by atoms with Gasteiger partial charge in [-0.25, -0.2) is 4.99 Å². The van der Waals surface area contributed by atoms with E-state index in [4.69, 9.17) is 9.73 Å². The molecule has 2 aromatic rings. The van der Waals surface area contributed by atoms with Crippen molar-refractivity contribution < 1.29 is 4.74 Å². The topological polar surface area (TPSA) is 54.7 Å². The molecule has 0 radical (unpaired) electrons. The molecule has 0 amide bonds. The molecule has 0 bridgehead atoms. The molecule has 6 nitrogen and oxygen atoms in total. The fourth-order valence-electron chi connectivity index (χ4n) is 3.50. The van der Waals surface area contributed by atoms with Crippen LogP contribution in [0, 0.1) is 5.92 Å². The van der Waals surface area contributed by atoms with Crippen LogP contribution in [0.1, 0.15) is 37.3 Å². The first-order chi connectivity index (χ1) is 13.7. The van der Waals surface area contributed by atoms with Gasteiger partial charge in [0, 0.05) is 45.1 Å². The monoisotopic (exact) mass is 511 g/mol. The second-order valence-corrected chi connectivity index (χ2v) is 7.47. The lowest BCUT2D eigenvalue weighted by Gasteiger charge is -2.26. The molecule has 0 unspecified atom stereocenters. The van der Waals surface area contributed by atoms with Crippen LogP contribution in [-0.2, 0) is 17.8 Å². The second-order valence-electron chi connectivity index (χ2n) is 7.47. The fourth-order valence-corrected chi connectivity index (χ4v) is 3.50. The zero-order valence-corrected chi connectivity index (χ0v) is 19.9. The summed E-state index contributed by atoms with van der Waals surface area (Å²) in [7, 11) is 2.12. The molecule has 2 heterocycles. The van der Waals surface area contributed by atoms with Crippen molar-refractivity contribution >= 4 is 29.9 Å². The van der Waals surface area contributed by atoms with E-state index in [1.807, 2.05) is 16.9 Å². The van der Waals surface area contributed by atoms with E-state index in [0.29, 0.717) is 6.54 Å². The zero-order chi connectivity index (χ0) is 19.6. The van der Waals surface area contributed by atoms with Gasteiger partial charge in [0.05, 0.1) is 19.3 Å². The Hall–Kier alpha value is -1.61. The molecule has 0 aliphatic carbocycles. The maximum Gasteiger partial charge on any atom is 0.193 e. The minimum atomic E-state index is 0. The van der Waals surface area contributed by atoms with Gasteiger partial charge < -0.3 is 15.0 Å². The molecule has 3 rings (SSSR count). The van der Waals surface area contributed by atoms with E-state index < -0.39 is 0 Å². The van der Waals surface area contributed by atoms with Gasteiger partial charge in [-0.05, 0) is 37.7 Å². The van der Waals surface area contributed by atoms with E-state index in [0.717, 1.165) is 50.3 Å². The van der Waals surface area contributed by atoms with Crippen molar-refractivity contribution in [2.45, 2.75) is 39.3 Å². The van der Waals surface area contributed by atoms with E-state index in [1.165, 1.54) is 24.8 Å². The number of benzene rings is 1. The van der Waals surface area contributed by atoms with E-state index in [-0.39, 0.29) is 24.0 Å². The van der Waals surface area contributed by atoms with Crippen molar-refractivity contribution in [1.82, 2.24) is 20.0 Å². The summed E-state index contributed by atoms with van der Waals surface area (Å²) in [6.07, 6.45) is 7.56. The van der Waals surface area contributed by atoms with Crippen molar-refractivity contribution in [1.29, 1.82) is 0 Å². The minimum Gasteiger partial charge on any atom is -0.381 e. The minimum absolute atomic E-state index is 0. The summed E-state index contributed by atoms with van der Waals surface area (Å²) in [5, 5.41) is 7.89. The van der Waals surface area contributed by atoms with Gasteiger partial charge in [0.2, 0.25) is 0 Å². The number of nitrogens with zero attached hydrogens (tertiary/aromatic N) is 4. The number of aliphatic imine (C=N–C) groups is 1. The summed E-state index contributed by atoms with van der Waals surface area (Å²) in [5.41, 5.74) is 2.38. The molecule has 0 saturated carbocycles. The number of rotatable bonds is 8. The van der Waals surface area contributed by atoms with Gasteiger partial charge in [0.25, 0.3) is 0 Å². The van der Waals surface area contributed by atoms with E-state index in [2.05, 4.69) is 59.7 Å². The molecule has 1 N–H and O–H groups in total. The highest BCUT2D eigenvalue weighted by Gasteiger charge is 2.15. The lowest BCUT2D eigenvalue weighted by molar-refractivity contribution is 0.0625. The molecule has 160 valence electrons. The Morgan fingerprint density at radius 2 is 2.00 bits per heavy atom. The fraction of sp³-hybridized carbons (Fsp3) is 0.545. The molecule has 1 aromatic heterocycles. The Bertz CT molecular complexity index is 728. The van der Waals surface area contributed by atoms with Crippen molar-refractivity contribution in [3.8, 4) is 0 Å². The maximum atomic E-state index is 5.46. The summed E-state index contributed by atoms with van der Waals surface area (Å²) in [6.45, 7) is 7.25. The van der Waals surface area contributed by atoms with Gasteiger partial charge >= 0.3 is 0 Å². The summed E-state index contributed by atoms with van der Waals surface area (Å²) in [4.78, 5) is 7.06. The molecule has 1 aliphatic heterocycles. The average Bonchev–Trinajstić information content (AvgIpc) is 3.18. The lowest BCUT2D eigenvalue weighted by Crippen LogP contribution is -2.40. The smallest absolute Gasteiger partial charge is 0.193 e. The number of hydrogen-bond acceptors (Lipinski definition) is 3. The van der Waals surface area contributed by atoms with Gasteiger partial charge in [0.15, 0.2) is 5.96 Å². The number of halogens is 1. The lowest BCUT2D eigenvalue weighted by atomic mass is 9.96. The molecule has 1 aromatic carbocycles. The van der Waals surface area contributed by atoms with Crippen LogP contribution in [0.4, 0.5) is 0 Å². The number of aromatic nitrogens is 2. The first kappa shape index (κ1) is 23.7. The van der Waals surface area contributed by atoms with Crippen molar-refractivity contribution in [3.05, 3.63) is 53.9 Å². The Labute approximate surface area is 191 Å². The molecule has 1 fully saturated rings. The normalized spacial score (nSPS) is 15.0. The second kappa shape index (κ2) is 12.8. The van der Waals surface area contributed by atoms with E-state index in [9.17, 15) is 0 Å². The number of hydrogen-bond donors (Lipinski definition) is 1. The van der Waals surface area contributed by atoms with Crippen LogP contribution in [0.25, 0.3) is 0 Å². The Balaban J connectivity index is 0.00000300. The van der Waals surface area contributed by atoms with Gasteiger partial charge in [-0.1, -0.05) is 30.3 Å².